The monoisotopic (exact) mass is 307 g/mol. The molecule has 7 nitrogen and oxygen atoms in total. The fourth-order valence-electron chi connectivity index (χ4n) is 2.63. The van der Waals surface area contributed by atoms with Gasteiger partial charge < -0.3 is 15.5 Å². The number of halogens is 1. The second-order valence-electron chi connectivity index (χ2n) is 5.41. The molecule has 0 radical (unpaired) electrons. The Hall–Kier alpha value is -2.22. The smallest absolute Gasteiger partial charge is 0.249 e. The van der Waals surface area contributed by atoms with E-state index < -0.39 is 17.8 Å². The number of anilines is 2. The van der Waals surface area contributed by atoms with Crippen molar-refractivity contribution >= 4 is 23.3 Å². The molecular weight excluding hydrogens is 289 g/mol. The van der Waals surface area contributed by atoms with Gasteiger partial charge in [0.05, 0.1) is 11.9 Å². The molecule has 2 amide bonds. The van der Waals surface area contributed by atoms with E-state index in [1.807, 2.05) is 0 Å². The number of aromatic nitrogens is 1. The number of imide groups is 1. The third-order valence-electron chi connectivity index (χ3n) is 3.86. The molecular formula is C14H18FN5O2. The Morgan fingerprint density at radius 2 is 2.09 bits per heavy atom. The highest BCUT2D eigenvalue weighted by Gasteiger charge is 2.27. The Labute approximate surface area is 127 Å². The minimum atomic E-state index is -0.635. The quantitative estimate of drug-likeness (QED) is 0.673. The van der Waals surface area contributed by atoms with Crippen LogP contribution in [0.1, 0.15) is 12.8 Å². The Morgan fingerprint density at radius 3 is 2.77 bits per heavy atom. The van der Waals surface area contributed by atoms with Gasteiger partial charge in [-0.15, -0.1) is 0 Å². The number of hydrogen-bond acceptors (Lipinski definition) is 6. The number of rotatable bonds is 3. The molecule has 0 spiro atoms. The van der Waals surface area contributed by atoms with E-state index in [0.717, 1.165) is 31.9 Å². The van der Waals surface area contributed by atoms with Crippen LogP contribution >= 0.6 is 0 Å². The van der Waals surface area contributed by atoms with Crippen LogP contribution in [0, 0.1) is 5.82 Å². The predicted octanol–water partition coefficient (Wildman–Crippen LogP) is -0.153. The van der Waals surface area contributed by atoms with Crippen molar-refractivity contribution in [3.63, 3.8) is 0 Å². The van der Waals surface area contributed by atoms with E-state index in [1.165, 1.54) is 6.07 Å². The largest absolute Gasteiger partial charge is 0.368 e. The molecule has 1 unspecified atom stereocenters. The Balaban J connectivity index is 1.69. The van der Waals surface area contributed by atoms with Crippen LogP contribution in [0.15, 0.2) is 12.3 Å². The molecule has 3 heterocycles. The first kappa shape index (κ1) is 14.7. The number of carbonyl (C=O) groups excluding carboxylic acids is 2. The van der Waals surface area contributed by atoms with Gasteiger partial charge in [-0.3, -0.25) is 14.9 Å². The number of nitrogens with one attached hydrogen (secondary N) is 3. The lowest BCUT2D eigenvalue weighted by Crippen LogP contribution is -2.47. The lowest BCUT2D eigenvalue weighted by atomic mass is 10.1. The molecule has 1 aromatic heterocycles. The van der Waals surface area contributed by atoms with Gasteiger partial charge in [0, 0.05) is 38.7 Å². The van der Waals surface area contributed by atoms with Gasteiger partial charge in [-0.25, -0.2) is 9.37 Å². The van der Waals surface area contributed by atoms with Crippen LogP contribution < -0.4 is 20.9 Å². The van der Waals surface area contributed by atoms with E-state index in [0.29, 0.717) is 6.42 Å². The second-order valence-corrected chi connectivity index (χ2v) is 5.41. The van der Waals surface area contributed by atoms with Gasteiger partial charge in [-0.2, -0.15) is 0 Å². The van der Waals surface area contributed by atoms with Crippen molar-refractivity contribution in [3.8, 4) is 0 Å². The first-order valence-corrected chi connectivity index (χ1v) is 7.35. The van der Waals surface area contributed by atoms with Crippen LogP contribution in [0.2, 0.25) is 0 Å². The zero-order chi connectivity index (χ0) is 15.5. The first-order valence-electron chi connectivity index (χ1n) is 7.35. The molecule has 2 aliphatic heterocycles. The summed E-state index contributed by atoms with van der Waals surface area (Å²) in [6.45, 7) is 3.33. The normalized spacial score (nSPS) is 22.4. The Kier molecular flexibility index (Phi) is 4.19. The Morgan fingerprint density at radius 1 is 1.32 bits per heavy atom. The van der Waals surface area contributed by atoms with E-state index in [4.69, 9.17) is 0 Å². The number of amides is 2. The van der Waals surface area contributed by atoms with Crippen LogP contribution in [0.3, 0.4) is 0 Å². The maximum absolute atomic E-state index is 14.2. The van der Waals surface area contributed by atoms with E-state index in [-0.39, 0.29) is 18.1 Å². The number of carbonyl (C=O) groups is 2. The summed E-state index contributed by atoms with van der Waals surface area (Å²) in [5, 5.41) is 8.23. The minimum absolute atomic E-state index is 0.0355. The average Bonchev–Trinajstić information content (AvgIpc) is 2.52. The molecule has 0 aliphatic carbocycles. The molecule has 3 N–H and O–H groups in total. The fraction of sp³-hybridized carbons (Fsp3) is 0.500. The summed E-state index contributed by atoms with van der Waals surface area (Å²) in [7, 11) is 0. The van der Waals surface area contributed by atoms with E-state index in [2.05, 4.69) is 25.8 Å². The van der Waals surface area contributed by atoms with Crippen molar-refractivity contribution in [2.45, 2.75) is 18.9 Å². The highest BCUT2D eigenvalue weighted by atomic mass is 19.1. The van der Waals surface area contributed by atoms with Crippen LogP contribution in [-0.4, -0.2) is 49.0 Å². The molecule has 1 atom stereocenters. The topological polar surface area (TPSA) is 86.4 Å². The maximum Gasteiger partial charge on any atom is 0.249 e. The summed E-state index contributed by atoms with van der Waals surface area (Å²) in [5.41, 5.74) is 0.729. The number of nitrogens with zero attached hydrogens (tertiary/aromatic N) is 2. The van der Waals surface area contributed by atoms with E-state index in [1.54, 1.807) is 6.20 Å². The molecule has 0 saturated carbocycles. The number of hydrogen-bond donors (Lipinski definition) is 3. The summed E-state index contributed by atoms with van der Waals surface area (Å²) in [4.78, 5) is 28.9. The molecule has 2 saturated heterocycles. The van der Waals surface area contributed by atoms with Gasteiger partial charge in [0.25, 0.3) is 0 Å². The summed E-state index contributed by atoms with van der Waals surface area (Å²) >= 11 is 0. The zero-order valence-electron chi connectivity index (χ0n) is 12.1. The van der Waals surface area contributed by atoms with E-state index >= 15 is 0 Å². The van der Waals surface area contributed by atoms with Gasteiger partial charge in [0.2, 0.25) is 11.8 Å². The SMILES string of the molecule is O=C1CCC(Nc2ncc(N3CCNCC3)cc2F)C(=O)N1. The molecule has 0 bridgehead atoms. The predicted molar refractivity (Wildman–Crippen MR) is 79.1 cm³/mol. The molecule has 8 heteroatoms. The minimum Gasteiger partial charge on any atom is -0.368 e. The van der Waals surface area contributed by atoms with Gasteiger partial charge in [-0.05, 0) is 6.42 Å². The zero-order valence-corrected chi connectivity index (χ0v) is 12.1. The summed E-state index contributed by atoms with van der Waals surface area (Å²) in [6, 6.07) is 0.789. The number of piperazine rings is 1. The molecule has 0 aromatic carbocycles. The van der Waals surface area contributed by atoms with Crippen molar-refractivity contribution in [1.82, 2.24) is 15.6 Å². The standard InChI is InChI=1S/C14H18FN5O2/c15-10-7-9(20-5-3-16-4-6-20)8-17-13(10)18-11-1-2-12(21)19-14(11)22/h7-8,11,16H,1-6H2,(H,17,18)(H,19,21,22). The summed E-state index contributed by atoms with van der Waals surface area (Å²) < 4.78 is 14.2. The van der Waals surface area contributed by atoms with Crippen LogP contribution in [-0.2, 0) is 9.59 Å². The third kappa shape index (κ3) is 3.16. The summed E-state index contributed by atoms with van der Waals surface area (Å²) in [6.07, 6.45) is 2.18. The highest BCUT2D eigenvalue weighted by Crippen LogP contribution is 2.21. The molecule has 1 aromatic rings. The van der Waals surface area contributed by atoms with Crippen molar-refractivity contribution in [3.05, 3.63) is 18.1 Å². The Bertz CT molecular complexity index is 589. The van der Waals surface area contributed by atoms with Crippen molar-refractivity contribution in [2.24, 2.45) is 0 Å². The highest BCUT2D eigenvalue weighted by molar-refractivity contribution is 6.01. The van der Waals surface area contributed by atoms with Gasteiger partial charge >= 0.3 is 0 Å². The lowest BCUT2D eigenvalue weighted by Gasteiger charge is -2.29. The van der Waals surface area contributed by atoms with Gasteiger partial charge in [-0.1, -0.05) is 0 Å². The second kappa shape index (κ2) is 6.27. The van der Waals surface area contributed by atoms with Gasteiger partial charge in [0.1, 0.15) is 6.04 Å². The fourth-order valence-corrected chi connectivity index (χ4v) is 2.63. The molecule has 22 heavy (non-hydrogen) atoms. The van der Waals surface area contributed by atoms with E-state index in [9.17, 15) is 14.0 Å². The van der Waals surface area contributed by atoms with Gasteiger partial charge in [0.15, 0.2) is 11.6 Å². The molecule has 118 valence electrons. The lowest BCUT2D eigenvalue weighted by molar-refractivity contribution is -0.133. The van der Waals surface area contributed by atoms with Crippen molar-refractivity contribution < 1.29 is 14.0 Å². The molecule has 2 fully saturated rings. The molecule has 3 rings (SSSR count). The average molecular weight is 307 g/mol. The van der Waals surface area contributed by atoms with Crippen LogP contribution in [0.5, 0.6) is 0 Å². The first-order chi connectivity index (χ1) is 10.6. The van der Waals surface area contributed by atoms with Crippen LogP contribution in [0.25, 0.3) is 0 Å². The summed E-state index contributed by atoms with van der Waals surface area (Å²) in [5.74, 6) is -1.21. The van der Waals surface area contributed by atoms with Crippen LogP contribution in [0.4, 0.5) is 15.9 Å². The molecule has 2 aliphatic rings. The van der Waals surface area contributed by atoms with Crippen molar-refractivity contribution in [1.29, 1.82) is 0 Å². The van der Waals surface area contributed by atoms with Crippen molar-refractivity contribution in [2.75, 3.05) is 36.4 Å². The number of piperidine rings is 1. The maximum atomic E-state index is 14.2. The number of pyridine rings is 1. The third-order valence-corrected chi connectivity index (χ3v) is 3.86.